The molecular formula is C13H25IN6S. The van der Waals surface area contributed by atoms with Gasteiger partial charge in [0.05, 0.1) is 0 Å². The maximum absolute atomic E-state index is 4.60. The van der Waals surface area contributed by atoms with E-state index in [0.29, 0.717) is 6.54 Å². The monoisotopic (exact) mass is 424 g/mol. The summed E-state index contributed by atoms with van der Waals surface area (Å²) in [6.07, 6.45) is 5.59. The van der Waals surface area contributed by atoms with Crippen LogP contribution >= 0.6 is 35.7 Å². The van der Waals surface area contributed by atoms with Crippen LogP contribution in [-0.2, 0) is 19.5 Å². The molecule has 0 bridgehead atoms. The van der Waals surface area contributed by atoms with Crippen LogP contribution in [0.1, 0.15) is 31.4 Å². The normalized spacial score (nSPS) is 14.3. The molecule has 0 fully saturated rings. The molecule has 1 aliphatic rings. The number of hydrogen-bond acceptors (Lipinski definition) is 4. The number of rotatable bonds is 6. The van der Waals surface area contributed by atoms with Gasteiger partial charge in [0.15, 0.2) is 11.8 Å². The van der Waals surface area contributed by atoms with E-state index in [4.69, 9.17) is 0 Å². The lowest BCUT2D eigenvalue weighted by Crippen LogP contribution is -2.38. The van der Waals surface area contributed by atoms with E-state index < -0.39 is 0 Å². The van der Waals surface area contributed by atoms with E-state index in [1.807, 2.05) is 11.8 Å². The SMILES string of the molecule is CCNC(=NCc1nnc2n1CCCC2)NCCSC.I. The average Bonchev–Trinajstić information content (AvgIpc) is 2.88. The van der Waals surface area contributed by atoms with Crippen molar-refractivity contribution < 1.29 is 0 Å². The molecule has 2 N–H and O–H groups in total. The first-order valence-corrected chi connectivity index (χ1v) is 8.66. The lowest BCUT2D eigenvalue weighted by Gasteiger charge is -2.14. The van der Waals surface area contributed by atoms with Crippen molar-refractivity contribution in [1.82, 2.24) is 25.4 Å². The fourth-order valence-corrected chi connectivity index (χ4v) is 2.55. The highest BCUT2D eigenvalue weighted by Crippen LogP contribution is 2.14. The average molecular weight is 424 g/mol. The van der Waals surface area contributed by atoms with Crippen LogP contribution < -0.4 is 10.6 Å². The van der Waals surface area contributed by atoms with Gasteiger partial charge in [-0.05, 0) is 26.0 Å². The standard InChI is InChI=1S/C13H24N6S.HI/c1-3-14-13(15-7-9-20-2)16-10-12-18-17-11-6-4-5-8-19(11)12;/h3-10H2,1-2H3,(H2,14,15,16);1H. The molecule has 2 rings (SSSR count). The van der Waals surface area contributed by atoms with Gasteiger partial charge in [-0.3, -0.25) is 0 Å². The predicted molar refractivity (Wildman–Crippen MR) is 99.6 cm³/mol. The number of aliphatic imine (C=N–C) groups is 1. The summed E-state index contributed by atoms with van der Waals surface area (Å²) in [5.74, 6) is 4.02. The quantitative estimate of drug-likeness (QED) is 0.315. The van der Waals surface area contributed by atoms with E-state index in [9.17, 15) is 0 Å². The molecule has 2 heterocycles. The van der Waals surface area contributed by atoms with Crippen LogP contribution in [-0.4, -0.2) is 45.8 Å². The van der Waals surface area contributed by atoms with Crippen LogP contribution in [0.4, 0.5) is 0 Å². The molecule has 0 atom stereocenters. The molecule has 0 aliphatic carbocycles. The van der Waals surface area contributed by atoms with Crippen molar-refractivity contribution in [1.29, 1.82) is 0 Å². The summed E-state index contributed by atoms with van der Waals surface area (Å²) < 4.78 is 2.22. The van der Waals surface area contributed by atoms with Crippen LogP contribution in [0.2, 0.25) is 0 Å². The zero-order chi connectivity index (χ0) is 14.2. The third kappa shape index (κ3) is 5.65. The zero-order valence-electron chi connectivity index (χ0n) is 12.8. The van der Waals surface area contributed by atoms with Gasteiger partial charge < -0.3 is 15.2 Å². The third-order valence-electron chi connectivity index (χ3n) is 3.26. The minimum absolute atomic E-state index is 0. The molecule has 0 spiro atoms. The molecule has 0 amide bonds. The predicted octanol–water partition coefficient (Wildman–Crippen LogP) is 1.65. The topological polar surface area (TPSA) is 67.1 Å². The highest BCUT2D eigenvalue weighted by molar-refractivity contribution is 14.0. The van der Waals surface area contributed by atoms with Gasteiger partial charge in [0.2, 0.25) is 0 Å². The van der Waals surface area contributed by atoms with E-state index in [-0.39, 0.29) is 24.0 Å². The molecule has 6 nitrogen and oxygen atoms in total. The Labute approximate surface area is 148 Å². The van der Waals surface area contributed by atoms with E-state index in [2.05, 4.69) is 43.6 Å². The summed E-state index contributed by atoms with van der Waals surface area (Å²) in [7, 11) is 0. The van der Waals surface area contributed by atoms with E-state index in [1.165, 1.54) is 12.8 Å². The summed E-state index contributed by atoms with van der Waals surface area (Å²) in [5, 5.41) is 15.1. The minimum Gasteiger partial charge on any atom is -0.357 e. The maximum atomic E-state index is 4.60. The van der Waals surface area contributed by atoms with Crippen LogP contribution in [0, 0.1) is 0 Å². The van der Waals surface area contributed by atoms with E-state index in [1.54, 1.807) is 0 Å². The Hall–Kier alpha value is -0.510. The summed E-state index contributed by atoms with van der Waals surface area (Å²) in [5.41, 5.74) is 0. The zero-order valence-corrected chi connectivity index (χ0v) is 15.9. The molecule has 0 unspecified atom stereocenters. The first-order chi connectivity index (χ1) is 9.85. The molecular weight excluding hydrogens is 399 g/mol. The number of fused-ring (bicyclic) bond motifs is 1. The Morgan fingerprint density at radius 2 is 2.19 bits per heavy atom. The van der Waals surface area contributed by atoms with Gasteiger partial charge in [0, 0.05) is 31.8 Å². The van der Waals surface area contributed by atoms with Gasteiger partial charge >= 0.3 is 0 Å². The second-order valence-electron chi connectivity index (χ2n) is 4.76. The molecule has 8 heteroatoms. The fraction of sp³-hybridized carbons (Fsp3) is 0.769. The Morgan fingerprint density at radius 1 is 1.33 bits per heavy atom. The Bertz CT molecular complexity index is 448. The van der Waals surface area contributed by atoms with E-state index >= 15 is 0 Å². The van der Waals surface area contributed by atoms with Gasteiger partial charge in [-0.15, -0.1) is 34.2 Å². The van der Waals surface area contributed by atoms with Crippen molar-refractivity contribution >= 4 is 41.7 Å². The van der Waals surface area contributed by atoms with E-state index in [0.717, 1.165) is 49.4 Å². The number of nitrogens with one attached hydrogen (secondary N) is 2. The van der Waals surface area contributed by atoms with Crippen molar-refractivity contribution in [2.75, 3.05) is 25.1 Å². The minimum atomic E-state index is 0. The number of aromatic nitrogens is 3. The molecule has 1 aromatic heterocycles. The molecule has 1 aromatic rings. The van der Waals surface area contributed by atoms with Gasteiger partial charge in [-0.25, -0.2) is 4.99 Å². The lowest BCUT2D eigenvalue weighted by molar-refractivity contribution is 0.508. The number of hydrogen-bond donors (Lipinski definition) is 2. The molecule has 0 radical (unpaired) electrons. The van der Waals surface area contributed by atoms with Gasteiger partial charge in [-0.1, -0.05) is 0 Å². The van der Waals surface area contributed by atoms with Crippen LogP contribution in [0.5, 0.6) is 0 Å². The van der Waals surface area contributed by atoms with Crippen LogP contribution in [0.25, 0.3) is 0 Å². The fourth-order valence-electron chi connectivity index (χ4n) is 2.25. The molecule has 21 heavy (non-hydrogen) atoms. The summed E-state index contributed by atoms with van der Waals surface area (Å²) in [6, 6.07) is 0. The van der Waals surface area contributed by atoms with Crippen molar-refractivity contribution in [3.05, 3.63) is 11.6 Å². The number of guanidine groups is 1. The van der Waals surface area contributed by atoms with Crippen molar-refractivity contribution in [2.24, 2.45) is 4.99 Å². The van der Waals surface area contributed by atoms with Gasteiger partial charge in [0.25, 0.3) is 0 Å². The highest BCUT2D eigenvalue weighted by Gasteiger charge is 2.15. The van der Waals surface area contributed by atoms with Gasteiger partial charge in [0.1, 0.15) is 12.4 Å². The molecule has 120 valence electrons. The molecule has 0 saturated heterocycles. The third-order valence-corrected chi connectivity index (χ3v) is 3.87. The van der Waals surface area contributed by atoms with Crippen LogP contribution in [0.15, 0.2) is 4.99 Å². The van der Waals surface area contributed by atoms with Crippen molar-refractivity contribution in [3.8, 4) is 0 Å². The number of nitrogens with zero attached hydrogens (tertiary/aromatic N) is 4. The Balaban J connectivity index is 0.00000220. The largest absolute Gasteiger partial charge is 0.357 e. The lowest BCUT2D eigenvalue weighted by atomic mass is 10.2. The Morgan fingerprint density at radius 3 is 2.95 bits per heavy atom. The maximum Gasteiger partial charge on any atom is 0.191 e. The smallest absolute Gasteiger partial charge is 0.191 e. The first-order valence-electron chi connectivity index (χ1n) is 7.27. The van der Waals surface area contributed by atoms with Crippen molar-refractivity contribution in [3.63, 3.8) is 0 Å². The second kappa shape index (κ2) is 10.3. The Kier molecular flexibility index (Phi) is 9.05. The highest BCUT2D eigenvalue weighted by atomic mass is 127. The van der Waals surface area contributed by atoms with Gasteiger partial charge in [-0.2, -0.15) is 11.8 Å². The summed E-state index contributed by atoms with van der Waals surface area (Å²) >= 11 is 1.82. The second-order valence-corrected chi connectivity index (χ2v) is 5.74. The molecule has 0 aromatic carbocycles. The first kappa shape index (κ1) is 18.5. The molecule has 1 aliphatic heterocycles. The van der Waals surface area contributed by atoms with Crippen molar-refractivity contribution in [2.45, 2.75) is 39.3 Å². The summed E-state index contributed by atoms with van der Waals surface area (Å²) in [6.45, 7) is 5.48. The van der Waals surface area contributed by atoms with Crippen LogP contribution in [0.3, 0.4) is 0 Å². The number of thioether (sulfide) groups is 1. The summed E-state index contributed by atoms with van der Waals surface area (Å²) in [4.78, 5) is 4.60. The molecule has 0 saturated carbocycles. The number of aryl methyl sites for hydroxylation is 1. The number of halogens is 1.